The third-order valence-electron chi connectivity index (χ3n) is 3.67. The minimum atomic E-state index is -3.47. The van der Waals surface area contributed by atoms with E-state index in [1.54, 1.807) is 0 Å². The first-order chi connectivity index (χ1) is 10.8. The van der Waals surface area contributed by atoms with Gasteiger partial charge in [0.15, 0.2) is 0 Å². The second kappa shape index (κ2) is 12.5. The Morgan fingerprint density at radius 2 is 1.39 bits per heavy atom. The number of carbonyl (C=O) groups is 1. The maximum atomic E-state index is 11.5. The van der Waals surface area contributed by atoms with Gasteiger partial charge in [-0.1, -0.05) is 71.3 Å². The predicted octanol–water partition coefficient (Wildman–Crippen LogP) is 2.35. The minimum absolute atomic E-state index is 0.132. The number of ether oxygens (including phenoxy) is 1. The first-order valence-corrected chi connectivity index (χ1v) is 8.53. The third-order valence-corrected chi connectivity index (χ3v) is 3.67. The van der Waals surface area contributed by atoms with Crippen LogP contribution in [0.5, 0.6) is 0 Å². The average Bonchev–Trinajstić information content (AvgIpc) is 2.47. The summed E-state index contributed by atoms with van der Waals surface area (Å²) in [7, 11) is 0. The molecule has 0 rings (SSSR count). The number of esters is 1. The average molecular weight is 332 g/mol. The number of carbonyl (C=O) groups excluding carboxylic acids is 1. The summed E-state index contributed by atoms with van der Waals surface area (Å²) < 4.78 is 4.29. The molecule has 6 heteroatoms. The maximum Gasteiger partial charge on any atom is 0.341 e. The lowest BCUT2D eigenvalue weighted by atomic mass is 10.0. The zero-order valence-electron chi connectivity index (χ0n) is 14.2. The zero-order chi connectivity index (χ0) is 17.7. The van der Waals surface area contributed by atoms with Crippen LogP contribution in [0.1, 0.15) is 77.6 Å². The Morgan fingerprint density at radius 3 is 1.83 bits per heavy atom. The summed E-state index contributed by atoms with van der Waals surface area (Å²) in [5, 5.41) is 34.9. The Bertz CT molecular complexity index is 334. The molecular weight excluding hydrogens is 300 g/mol. The van der Waals surface area contributed by atoms with Gasteiger partial charge in [-0.15, -0.1) is 0 Å². The van der Waals surface area contributed by atoms with E-state index in [4.69, 9.17) is 20.4 Å². The van der Waals surface area contributed by atoms with Crippen molar-refractivity contribution in [3.63, 3.8) is 0 Å². The van der Waals surface area contributed by atoms with Crippen molar-refractivity contribution >= 4 is 5.97 Å². The van der Waals surface area contributed by atoms with E-state index in [0.717, 1.165) is 19.3 Å². The molecule has 23 heavy (non-hydrogen) atoms. The van der Waals surface area contributed by atoms with Crippen molar-refractivity contribution in [2.45, 2.75) is 89.8 Å². The fourth-order valence-corrected chi connectivity index (χ4v) is 2.19. The molecule has 0 saturated heterocycles. The van der Waals surface area contributed by atoms with E-state index in [1.165, 1.54) is 44.9 Å². The van der Waals surface area contributed by atoms with Gasteiger partial charge in [-0.05, 0) is 12.8 Å². The van der Waals surface area contributed by atoms with Gasteiger partial charge in [-0.25, -0.2) is 4.79 Å². The van der Waals surface area contributed by atoms with E-state index in [1.807, 2.05) is 0 Å². The minimum Gasteiger partial charge on any atom is -0.424 e. The number of hydrogen-bond acceptors (Lipinski definition) is 6. The normalized spacial score (nSPS) is 12.9. The molecule has 0 aliphatic rings. The fraction of sp³-hybridized carbons (Fsp3) is 0.824. The standard InChI is InChI=1S/C17H32O6/c1-3-4-5-6-7-8-9-10-11-12-13-14(2)15(18)23-16(19)17(20,21)22/h16,19-22H,2-13H2,1H3. The molecule has 0 aliphatic carbocycles. The van der Waals surface area contributed by atoms with Crippen LogP contribution in [0.3, 0.4) is 0 Å². The smallest absolute Gasteiger partial charge is 0.341 e. The summed E-state index contributed by atoms with van der Waals surface area (Å²) >= 11 is 0. The Balaban J connectivity index is 3.58. The number of unbranched alkanes of at least 4 members (excludes halogenated alkanes) is 9. The lowest BCUT2D eigenvalue weighted by molar-refractivity contribution is -0.396. The number of aliphatic hydroxyl groups excluding tert-OH is 1. The van der Waals surface area contributed by atoms with Gasteiger partial charge in [-0.3, -0.25) is 0 Å². The molecule has 0 aromatic carbocycles. The molecule has 0 fully saturated rings. The van der Waals surface area contributed by atoms with Crippen molar-refractivity contribution in [1.82, 2.24) is 0 Å². The van der Waals surface area contributed by atoms with Crippen LogP contribution in [0, 0.1) is 0 Å². The van der Waals surface area contributed by atoms with Gasteiger partial charge in [0.2, 0.25) is 0 Å². The van der Waals surface area contributed by atoms with Gasteiger partial charge >= 0.3 is 11.9 Å². The molecule has 0 bridgehead atoms. The lowest BCUT2D eigenvalue weighted by Crippen LogP contribution is -2.44. The highest BCUT2D eigenvalue weighted by Gasteiger charge is 2.34. The van der Waals surface area contributed by atoms with Gasteiger partial charge in [0.25, 0.3) is 6.29 Å². The first kappa shape index (κ1) is 22.1. The first-order valence-electron chi connectivity index (χ1n) is 8.53. The molecule has 0 amide bonds. The van der Waals surface area contributed by atoms with E-state index < -0.39 is 18.2 Å². The monoisotopic (exact) mass is 332 g/mol. The largest absolute Gasteiger partial charge is 0.424 e. The topological polar surface area (TPSA) is 107 Å². The molecular formula is C17H32O6. The van der Waals surface area contributed by atoms with Crippen molar-refractivity contribution < 1.29 is 30.0 Å². The van der Waals surface area contributed by atoms with E-state index in [2.05, 4.69) is 18.2 Å². The van der Waals surface area contributed by atoms with E-state index >= 15 is 0 Å². The molecule has 0 spiro atoms. The van der Waals surface area contributed by atoms with E-state index in [-0.39, 0.29) is 5.57 Å². The third kappa shape index (κ3) is 12.2. The second-order valence-corrected chi connectivity index (χ2v) is 5.98. The molecule has 0 aliphatic heterocycles. The van der Waals surface area contributed by atoms with Crippen LogP contribution in [-0.4, -0.2) is 38.7 Å². The number of rotatable bonds is 14. The van der Waals surface area contributed by atoms with Crippen LogP contribution in [-0.2, 0) is 9.53 Å². The predicted molar refractivity (Wildman–Crippen MR) is 87.1 cm³/mol. The van der Waals surface area contributed by atoms with Crippen LogP contribution in [0.25, 0.3) is 0 Å². The summed E-state index contributed by atoms with van der Waals surface area (Å²) in [6.07, 6.45) is 9.77. The molecule has 136 valence electrons. The zero-order valence-corrected chi connectivity index (χ0v) is 14.2. The van der Waals surface area contributed by atoms with Crippen molar-refractivity contribution in [3.05, 3.63) is 12.2 Å². The van der Waals surface area contributed by atoms with Gasteiger partial charge in [-0.2, -0.15) is 0 Å². The summed E-state index contributed by atoms with van der Waals surface area (Å²) in [4.78, 5) is 11.5. The Kier molecular flexibility index (Phi) is 12.0. The number of hydrogen-bond donors (Lipinski definition) is 4. The molecule has 0 heterocycles. The molecule has 0 saturated carbocycles. The Labute approximate surface area is 138 Å². The van der Waals surface area contributed by atoms with Crippen molar-refractivity contribution in [2.75, 3.05) is 0 Å². The fourth-order valence-electron chi connectivity index (χ4n) is 2.19. The molecule has 6 nitrogen and oxygen atoms in total. The van der Waals surface area contributed by atoms with Gasteiger partial charge < -0.3 is 25.2 Å². The van der Waals surface area contributed by atoms with Crippen molar-refractivity contribution in [3.8, 4) is 0 Å². The summed E-state index contributed by atoms with van der Waals surface area (Å²) in [5.41, 5.74) is 0.132. The summed E-state index contributed by atoms with van der Waals surface area (Å²) in [6, 6.07) is 0. The molecule has 0 aromatic heterocycles. The highest BCUT2D eigenvalue weighted by molar-refractivity contribution is 5.87. The highest BCUT2D eigenvalue weighted by Crippen LogP contribution is 2.15. The second-order valence-electron chi connectivity index (χ2n) is 5.98. The molecule has 1 atom stereocenters. The van der Waals surface area contributed by atoms with E-state index in [9.17, 15) is 4.79 Å². The SMILES string of the molecule is C=C(CCCCCCCCCCCC)C(=O)OC(O)C(O)(O)O. The summed E-state index contributed by atoms with van der Waals surface area (Å²) in [6.45, 7) is 5.74. The van der Waals surface area contributed by atoms with Crippen LogP contribution < -0.4 is 0 Å². The summed E-state index contributed by atoms with van der Waals surface area (Å²) in [5.74, 6) is -4.41. The van der Waals surface area contributed by atoms with E-state index in [0.29, 0.717) is 6.42 Å². The molecule has 1 unspecified atom stereocenters. The lowest BCUT2D eigenvalue weighted by Gasteiger charge is -2.20. The van der Waals surface area contributed by atoms with Crippen LogP contribution in [0.2, 0.25) is 0 Å². The maximum absolute atomic E-state index is 11.5. The van der Waals surface area contributed by atoms with Gasteiger partial charge in [0, 0.05) is 5.57 Å². The highest BCUT2D eigenvalue weighted by atomic mass is 16.8. The Morgan fingerprint density at radius 1 is 0.957 bits per heavy atom. The Hall–Kier alpha value is -0.950. The quantitative estimate of drug-likeness (QED) is 0.168. The van der Waals surface area contributed by atoms with Crippen LogP contribution in [0.4, 0.5) is 0 Å². The molecule has 4 N–H and O–H groups in total. The van der Waals surface area contributed by atoms with Crippen molar-refractivity contribution in [2.24, 2.45) is 0 Å². The van der Waals surface area contributed by atoms with Crippen molar-refractivity contribution in [1.29, 1.82) is 0 Å². The van der Waals surface area contributed by atoms with Gasteiger partial charge in [0.1, 0.15) is 0 Å². The van der Waals surface area contributed by atoms with Gasteiger partial charge in [0.05, 0.1) is 0 Å². The van der Waals surface area contributed by atoms with Crippen LogP contribution >= 0.6 is 0 Å². The molecule has 0 aromatic rings. The van der Waals surface area contributed by atoms with Crippen LogP contribution in [0.15, 0.2) is 12.2 Å². The number of aliphatic hydroxyl groups is 4. The molecule has 0 radical (unpaired) electrons.